The number of carbonyl (C=O) groups excluding carboxylic acids is 1. The van der Waals surface area contributed by atoms with Crippen molar-refractivity contribution in [3.05, 3.63) is 59.8 Å². The molecule has 1 fully saturated rings. The standard InChI is InChI=1S/C22H28N6O/c1-26(2)20(18-8-4-3-5-9-18)17-25-22(29)28-13-7-12-27(14-15-28)21-19(16-23)10-6-11-24-21/h3-6,8-11,20H,7,12-15,17H2,1-2H3,(H,25,29). The molecule has 1 aliphatic heterocycles. The van der Waals surface area contributed by atoms with Crippen LogP contribution in [0.1, 0.15) is 23.6 Å². The maximum Gasteiger partial charge on any atom is 0.317 e. The van der Waals surface area contributed by atoms with Crippen LogP contribution in [-0.4, -0.2) is 67.6 Å². The van der Waals surface area contributed by atoms with Crippen LogP contribution in [0.5, 0.6) is 0 Å². The van der Waals surface area contributed by atoms with Crippen molar-refractivity contribution in [1.82, 2.24) is 20.1 Å². The van der Waals surface area contributed by atoms with Crippen molar-refractivity contribution < 1.29 is 4.79 Å². The first-order valence-electron chi connectivity index (χ1n) is 9.94. The van der Waals surface area contributed by atoms with Gasteiger partial charge in [0.1, 0.15) is 11.9 Å². The predicted octanol–water partition coefficient (Wildman–Crippen LogP) is 2.48. The molecule has 0 radical (unpaired) electrons. The summed E-state index contributed by atoms with van der Waals surface area (Å²) in [5.41, 5.74) is 1.75. The molecule has 1 aromatic heterocycles. The normalized spacial score (nSPS) is 15.5. The number of hydrogen-bond donors (Lipinski definition) is 1. The van der Waals surface area contributed by atoms with E-state index >= 15 is 0 Å². The van der Waals surface area contributed by atoms with E-state index in [0.29, 0.717) is 37.6 Å². The lowest BCUT2D eigenvalue weighted by atomic mass is 10.1. The average molecular weight is 393 g/mol. The quantitative estimate of drug-likeness (QED) is 0.846. The Hall–Kier alpha value is -3.11. The van der Waals surface area contributed by atoms with Crippen molar-refractivity contribution in [3.8, 4) is 6.07 Å². The van der Waals surface area contributed by atoms with Crippen LogP contribution < -0.4 is 10.2 Å². The molecule has 1 unspecified atom stereocenters. The van der Waals surface area contributed by atoms with Crippen molar-refractivity contribution in [2.75, 3.05) is 51.7 Å². The molecular formula is C22H28N6O. The number of hydrogen-bond acceptors (Lipinski definition) is 5. The van der Waals surface area contributed by atoms with Gasteiger partial charge in [0.15, 0.2) is 0 Å². The maximum atomic E-state index is 12.8. The number of nitriles is 1. The molecule has 1 aromatic carbocycles. The lowest BCUT2D eigenvalue weighted by molar-refractivity contribution is 0.195. The van der Waals surface area contributed by atoms with Crippen molar-refractivity contribution >= 4 is 11.8 Å². The molecule has 1 N–H and O–H groups in total. The summed E-state index contributed by atoms with van der Waals surface area (Å²) in [6, 6.07) is 16.0. The molecule has 1 saturated heterocycles. The number of likely N-dealkylation sites (N-methyl/N-ethyl adjacent to an activating group) is 1. The van der Waals surface area contributed by atoms with Gasteiger partial charge in [-0.25, -0.2) is 9.78 Å². The second kappa shape index (κ2) is 9.89. The number of pyridine rings is 1. The topological polar surface area (TPSA) is 75.5 Å². The number of benzene rings is 1. The minimum absolute atomic E-state index is 0.0452. The van der Waals surface area contributed by atoms with E-state index in [0.717, 1.165) is 13.0 Å². The van der Waals surface area contributed by atoms with Gasteiger partial charge in [0, 0.05) is 38.9 Å². The molecule has 7 heteroatoms. The van der Waals surface area contributed by atoms with E-state index < -0.39 is 0 Å². The van der Waals surface area contributed by atoms with Crippen LogP contribution >= 0.6 is 0 Å². The minimum atomic E-state index is -0.0452. The largest absolute Gasteiger partial charge is 0.354 e. The highest BCUT2D eigenvalue weighted by Crippen LogP contribution is 2.19. The number of nitrogens with zero attached hydrogens (tertiary/aromatic N) is 5. The van der Waals surface area contributed by atoms with Crippen molar-refractivity contribution in [3.63, 3.8) is 0 Å². The summed E-state index contributed by atoms with van der Waals surface area (Å²) in [7, 11) is 4.04. The van der Waals surface area contributed by atoms with Gasteiger partial charge >= 0.3 is 6.03 Å². The average Bonchev–Trinajstić information content (AvgIpc) is 3.00. The smallest absolute Gasteiger partial charge is 0.317 e. The van der Waals surface area contributed by atoms with Crippen LogP contribution in [0, 0.1) is 11.3 Å². The molecule has 2 amide bonds. The van der Waals surface area contributed by atoms with E-state index in [9.17, 15) is 10.1 Å². The van der Waals surface area contributed by atoms with Gasteiger partial charge in [-0.3, -0.25) is 0 Å². The van der Waals surface area contributed by atoms with Crippen molar-refractivity contribution in [2.45, 2.75) is 12.5 Å². The van der Waals surface area contributed by atoms with Crippen LogP contribution in [0.3, 0.4) is 0 Å². The number of urea groups is 1. The Morgan fingerprint density at radius 2 is 1.97 bits per heavy atom. The van der Waals surface area contributed by atoms with Crippen molar-refractivity contribution in [2.24, 2.45) is 0 Å². The third-order valence-corrected chi connectivity index (χ3v) is 5.24. The number of rotatable bonds is 5. The molecule has 2 heterocycles. The Bertz CT molecular complexity index is 848. The van der Waals surface area contributed by atoms with Crippen molar-refractivity contribution in [1.29, 1.82) is 5.26 Å². The van der Waals surface area contributed by atoms with Gasteiger partial charge in [-0.15, -0.1) is 0 Å². The molecule has 152 valence electrons. The van der Waals surface area contributed by atoms with Gasteiger partial charge in [-0.1, -0.05) is 30.3 Å². The van der Waals surface area contributed by atoms with Crippen LogP contribution in [0.2, 0.25) is 0 Å². The van der Waals surface area contributed by atoms with Gasteiger partial charge in [0.25, 0.3) is 0 Å². The van der Waals surface area contributed by atoms with Crippen LogP contribution in [0.25, 0.3) is 0 Å². The molecule has 29 heavy (non-hydrogen) atoms. The highest BCUT2D eigenvalue weighted by atomic mass is 16.2. The van der Waals surface area contributed by atoms with E-state index in [-0.39, 0.29) is 12.1 Å². The molecule has 0 saturated carbocycles. The van der Waals surface area contributed by atoms with Gasteiger partial charge in [-0.05, 0) is 38.2 Å². The Morgan fingerprint density at radius 3 is 2.69 bits per heavy atom. The third-order valence-electron chi connectivity index (χ3n) is 5.24. The number of nitrogens with one attached hydrogen (secondary N) is 1. The molecule has 0 spiro atoms. The monoisotopic (exact) mass is 392 g/mol. The Kier molecular flexibility index (Phi) is 7.04. The van der Waals surface area contributed by atoms with E-state index in [2.05, 4.69) is 38.3 Å². The fourth-order valence-corrected chi connectivity index (χ4v) is 3.64. The number of aromatic nitrogens is 1. The molecule has 2 aromatic rings. The Labute approximate surface area is 172 Å². The van der Waals surface area contributed by atoms with E-state index in [1.54, 1.807) is 18.3 Å². The fraction of sp³-hybridized carbons (Fsp3) is 0.409. The fourth-order valence-electron chi connectivity index (χ4n) is 3.64. The highest BCUT2D eigenvalue weighted by Gasteiger charge is 2.22. The SMILES string of the molecule is CN(C)C(CNC(=O)N1CCCN(c2ncccc2C#N)CC1)c1ccccc1. The summed E-state index contributed by atoms with van der Waals surface area (Å²) in [5, 5.41) is 12.4. The first kappa shape index (κ1) is 20.6. The lowest BCUT2D eigenvalue weighted by Gasteiger charge is -2.27. The second-order valence-electron chi connectivity index (χ2n) is 7.39. The van der Waals surface area contributed by atoms with E-state index in [4.69, 9.17) is 0 Å². The summed E-state index contributed by atoms with van der Waals surface area (Å²) >= 11 is 0. The van der Waals surface area contributed by atoms with E-state index in [1.165, 1.54) is 5.56 Å². The van der Waals surface area contributed by atoms with Crippen LogP contribution in [0.4, 0.5) is 10.6 Å². The predicted molar refractivity (Wildman–Crippen MR) is 114 cm³/mol. The highest BCUT2D eigenvalue weighted by molar-refractivity contribution is 5.74. The van der Waals surface area contributed by atoms with Gasteiger partial charge in [0.2, 0.25) is 0 Å². The third kappa shape index (κ3) is 5.24. The zero-order valence-electron chi connectivity index (χ0n) is 17.1. The molecule has 0 bridgehead atoms. The molecule has 1 aliphatic rings. The maximum absolute atomic E-state index is 12.8. The minimum Gasteiger partial charge on any atom is -0.354 e. The zero-order chi connectivity index (χ0) is 20.6. The summed E-state index contributed by atoms with van der Waals surface area (Å²) in [5.74, 6) is 0.703. The molecule has 1 atom stereocenters. The molecule has 3 rings (SSSR count). The lowest BCUT2D eigenvalue weighted by Crippen LogP contribution is -2.44. The Balaban J connectivity index is 1.59. The summed E-state index contributed by atoms with van der Waals surface area (Å²) in [4.78, 5) is 23.2. The molecule has 7 nitrogen and oxygen atoms in total. The molecular weight excluding hydrogens is 364 g/mol. The summed E-state index contributed by atoms with van der Waals surface area (Å²) < 4.78 is 0. The number of amides is 2. The Morgan fingerprint density at radius 1 is 1.17 bits per heavy atom. The molecule has 0 aliphatic carbocycles. The van der Waals surface area contributed by atoms with E-state index in [1.807, 2.05) is 37.2 Å². The van der Waals surface area contributed by atoms with Gasteiger partial charge < -0.3 is 20.0 Å². The number of carbonyl (C=O) groups is 1. The second-order valence-corrected chi connectivity index (χ2v) is 7.39. The number of anilines is 1. The van der Waals surface area contributed by atoms with Gasteiger partial charge in [0.05, 0.1) is 11.6 Å². The first-order valence-corrected chi connectivity index (χ1v) is 9.94. The van der Waals surface area contributed by atoms with Crippen LogP contribution in [0.15, 0.2) is 48.7 Å². The summed E-state index contributed by atoms with van der Waals surface area (Å²) in [6.07, 6.45) is 2.54. The van der Waals surface area contributed by atoms with Gasteiger partial charge in [-0.2, -0.15) is 5.26 Å². The zero-order valence-corrected chi connectivity index (χ0v) is 17.1. The van der Waals surface area contributed by atoms with Crippen LogP contribution in [-0.2, 0) is 0 Å². The summed E-state index contributed by atoms with van der Waals surface area (Å²) in [6.45, 7) is 3.28. The first-order chi connectivity index (χ1) is 14.1.